The van der Waals surface area contributed by atoms with E-state index in [1.54, 1.807) is 0 Å². The van der Waals surface area contributed by atoms with E-state index < -0.39 is 12.3 Å². The van der Waals surface area contributed by atoms with Crippen molar-refractivity contribution in [1.82, 2.24) is 0 Å². The highest BCUT2D eigenvalue weighted by Gasteiger charge is 2.38. The van der Waals surface area contributed by atoms with Gasteiger partial charge in [-0.1, -0.05) is 0 Å². The van der Waals surface area contributed by atoms with Crippen LogP contribution >= 0.6 is 15.9 Å². The van der Waals surface area contributed by atoms with Crippen molar-refractivity contribution < 1.29 is 17.9 Å². The molecule has 0 aliphatic rings. The number of nitrogens with zero attached hydrogens (tertiary/aromatic N) is 1. The van der Waals surface area contributed by atoms with E-state index in [1.807, 2.05) is 6.07 Å². The molecule has 0 amide bonds. The van der Waals surface area contributed by atoms with Crippen molar-refractivity contribution >= 4 is 15.9 Å². The first-order valence-electron chi connectivity index (χ1n) is 4.27. The molecule has 0 fully saturated rings. The van der Waals surface area contributed by atoms with E-state index in [4.69, 9.17) is 10.00 Å². The lowest BCUT2D eigenvalue weighted by atomic mass is 10.2. The molecule has 0 aromatic heterocycles. The summed E-state index contributed by atoms with van der Waals surface area (Å²) in [4.78, 5) is 0. The summed E-state index contributed by atoms with van der Waals surface area (Å²) in [6, 6.07) is 5.93. The Kier molecular flexibility index (Phi) is 3.81. The zero-order valence-corrected chi connectivity index (χ0v) is 9.76. The largest absolute Gasteiger partial charge is 0.481 e. The molecule has 1 aromatic carbocycles. The summed E-state index contributed by atoms with van der Waals surface area (Å²) >= 11 is 3.06. The quantitative estimate of drug-likeness (QED) is 0.834. The summed E-state index contributed by atoms with van der Waals surface area (Å²) in [5.74, 6) is 0.0655. The third kappa shape index (κ3) is 3.14. The van der Waals surface area contributed by atoms with Crippen molar-refractivity contribution in [2.24, 2.45) is 0 Å². The molecule has 1 aromatic rings. The van der Waals surface area contributed by atoms with Gasteiger partial charge in [0, 0.05) is 4.47 Å². The minimum atomic E-state index is -4.40. The second kappa shape index (κ2) is 4.74. The van der Waals surface area contributed by atoms with Gasteiger partial charge in [-0.05, 0) is 41.1 Å². The molecule has 0 saturated heterocycles. The van der Waals surface area contributed by atoms with Crippen LogP contribution in [0, 0.1) is 11.3 Å². The molecule has 0 radical (unpaired) electrons. The third-order valence-electron chi connectivity index (χ3n) is 1.83. The summed E-state index contributed by atoms with van der Waals surface area (Å²) in [5.41, 5.74) is 0.340. The Morgan fingerprint density at radius 2 is 2.06 bits per heavy atom. The number of hydrogen-bond acceptors (Lipinski definition) is 2. The smallest absolute Gasteiger partial charge is 0.425 e. The highest BCUT2D eigenvalue weighted by atomic mass is 79.9. The molecule has 16 heavy (non-hydrogen) atoms. The van der Waals surface area contributed by atoms with Gasteiger partial charge in [-0.25, -0.2) is 0 Å². The van der Waals surface area contributed by atoms with Crippen LogP contribution < -0.4 is 4.74 Å². The molecule has 2 nitrogen and oxygen atoms in total. The van der Waals surface area contributed by atoms with Gasteiger partial charge in [-0.2, -0.15) is 18.4 Å². The van der Waals surface area contributed by atoms with Gasteiger partial charge in [0.25, 0.3) is 0 Å². The lowest BCUT2D eigenvalue weighted by Gasteiger charge is -2.17. The fraction of sp³-hybridized carbons (Fsp3) is 0.300. The predicted molar refractivity (Wildman–Crippen MR) is 55.0 cm³/mol. The summed E-state index contributed by atoms with van der Waals surface area (Å²) in [6.45, 7) is 0.923. The Balaban J connectivity index is 2.85. The molecule has 0 saturated carbocycles. The molecule has 0 spiro atoms. The van der Waals surface area contributed by atoms with E-state index in [2.05, 4.69) is 15.9 Å². The van der Waals surface area contributed by atoms with Crippen LogP contribution in [0.25, 0.3) is 0 Å². The van der Waals surface area contributed by atoms with E-state index in [1.165, 1.54) is 18.2 Å². The van der Waals surface area contributed by atoms with Crippen LogP contribution in [0.5, 0.6) is 5.75 Å². The minimum Gasteiger partial charge on any atom is -0.481 e. The fourth-order valence-corrected chi connectivity index (χ4v) is 1.38. The maximum Gasteiger partial charge on any atom is 0.425 e. The topological polar surface area (TPSA) is 33.0 Å². The van der Waals surface area contributed by atoms with Crippen LogP contribution in [-0.4, -0.2) is 12.3 Å². The highest BCUT2D eigenvalue weighted by molar-refractivity contribution is 9.10. The average molecular weight is 294 g/mol. The van der Waals surface area contributed by atoms with E-state index >= 15 is 0 Å². The van der Waals surface area contributed by atoms with Gasteiger partial charge in [0.1, 0.15) is 11.8 Å². The maximum absolute atomic E-state index is 12.2. The fourth-order valence-electron chi connectivity index (χ4n) is 0.931. The SMILES string of the molecule is CC(Oc1ccc(C#N)c(Br)c1)C(F)(F)F. The number of halogens is 4. The van der Waals surface area contributed by atoms with Crippen molar-refractivity contribution in [1.29, 1.82) is 5.26 Å². The Morgan fingerprint density at radius 3 is 2.50 bits per heavy atom. The second-order valence-electron chi connectivity index (χ2n) is 3.06. The van der Waals surface area contributed by atoms with Gasteiger partial charge in [0.2, 0.25) is 0 Å². The van der Waals surface area contributed by atoms with E-state index in [-0.39, 0.29) is 5.75 Å². The molecule has 0 heterocycles. The van der Waals surface area contributed by atoms with Crippen LogP contribution in [0.15, 0.2) is 22.7 Å². The number of rotatable bonds is 2. The van der Waals surface area contributed by atoms with Crippen molar-refractivity contribution in [3.05, 3.63) is 28.2 Å². The van der Waals surface area contributed by atoms with Crippen LogP contribution in [0.2, 0.25) is 0 Å². The monoisotopic (exact) mass is 293 g/mol. The van der Waals surface area contributed by atoms with Gasteiger partial charge in [0.15, 0.2) is 6.10 Å². The van der Waals surface area contributed by atoms with E-state index in [0.717, 1.165) is 6.92 Å². The lowest BCUT2D eigenvalue weighted by Crippen LogP contribution is -2.31. The van der Waals surface area contributed by atoms with Crippen molar-refractivity contribution in [2.45, 2.75) is 19.2 Å². The molecule has 0 aliphatic heterocycles. The highest BCUT2D eigenvalue weighted by Crippen LogP contribution is 2.27. The molecule has 86 valence electrons. The van der Waals surface area contributed by atoms with E-state index in [9.17, 15) is 13.2 Å². The first kappa shape index (κ1) is 12.8. The summed E-state index contributed by atoms with van der Waals surface area (Å²) in [7, 11) is 0. The molecule has 6 heteroatoms. The molecule has 1 rings (SSSR count). The zero-order chi connectivity index (χ0) is 12.3. The molecular weight excluding hydrogens is 287 g/mol. The normalized spacial score (nSPS) is 13.0. The zero-order valence-electron chi connectivity index (χ0n) is 8.18. The van der Waals surface area contributed by atoms with Gasteiger partial charge in [-0.15, -0.1) is 0 Å². The van der Waals surface area contributed by atoms with Gasteiger partial charge < -0.3 is 4.74 Å². The molecule has 1 atom stereocenters. The average Bonchev–Trinajstić information content (AvgIpc) is 2.16. The number of nitriles is 1. The summed E-state index contributed by atoms with van der Waals surface area (Å²) in [6.07, 6.45) is -6.28. The van der Waals surface area contributed by atoms with E-state index in [0.29, 0.717) is 10.0 Å². The summed E-state index contributed by atoms with van der Waals surface area (Å²) in [5, 5.41) is 8.62. The predicted octanol–water partition coefficient (Wildman–Crippen LogP) is 3.65. The Labute approximate surface area is 98.8 Å². The number of ether oxygens (including phenoxy) is 1. The number of alkyl halides is 3. The van der Waals surface area contributed by atoms with Crippen LogP contribution in [0.3, 0.4) is 0 Å². The summed E-state index contributed by atoms with van der Waals surface area (Å²) < 4.78 is 41.7. The molecule has 0 N–H and O–H groups in total. The first-order chi connectivity index (χ1) is 7.34. The van der Waals surface area contributed by atoms with Crippen molar-refractivity contribution in [3.63, 3.8) is 0 Å². The van der Waals surface area contributed by atoms with Crippen LogP contribution in [0.4, 0.5) is 13.2 Å². The molecule has 0 aliphatic carbocycles. The Morgan fingerprint density at radius 1 is 1.44 bits per heavy atom. The Hall–Kier alpha value is -1.22. The molecular formula is C10H7BrF3NO. The molecule has 1 unspecified atom stereocenters. The van der Waals surface area contributed by atoms with Gasteiger partial charge >= 0.3 is 6.18 Å². The number of hydrogen-bond donors (Lipinski definition) is 0. The van der Waals surface area contributed by atoms with Crippen LogP contribution in [-0.2, 0) is 0 Å². The maximum atomic E-state index is 12.2. The van der Waals surface area contributed by atoms with Gasteiger partial charge in [-0.3, -0.25) is 0 Å². The van der Waals surface area contributed by atoms with Gasteiger partial charge in [0.05, 0.1) is 5.56 Å². The third-order valence-corrected chi connectivity index (χ3v) is 2.49. The minimum absolute atomic E-state index is 0.0655. The first-order valence-corrected chi connectivity index (χ1v) is 5.07. The standard InChI is InChI=1S/C10H7BrF3NO/c1-6(10(12,13)14)16-8-3-2-7(5-15)9(11)4-8/h2-4,6H,1H3. The second-order valence-corrected chi connectivity index (χ2v) is 3.91. The Bertz CT molecular complexity index is 425. The lowest BCUT2D eigenvalue weighted by molar-refractivity contribution is -0.189. The van der Waals surface area contributed by atoms with Crippen LogP contribution in [0.1, 0.15) is 12.5 Å². The number of benzene rings is 1. The van der Waals surface area contributed by atoms with Crippen molar-refractivity contribution in [3.8, 4) is 11.8 Å². The molecule has 0 bridgehead atoms. The van der Waals surface area contributed by atoms with Crippen molar-refractivity contribution in [2.75, 3.05) is 0 Å².